The second-order valence-corrected chi connectivity index (χ2v) is 8.44. The second-order valence-electron chi connectivity index (χ2n) is 7.58. The fraction of sp³-hybridized carbons (Fsp3) is 0.250. The quantitative estimate of drug-likeness (QED) is 0.336. The third kappa shape index (κ3) is 2.65. The van der Waals surface area contributed by atoms with E-state index in [-0.39, 0.29) is 0 Å². The summed E-state index contributed by atoms with van der Waals surface area (Å²) in [5.74, 6) is 0.603. The first-order valence-corrected chi connectivity index (χ1v) is 10.5. The van der Waals surface area contributed by atoms with Crippen LogP contribution in [0.4, 0.5) is 0 Å². The lowest BCUT2D eigenvalue weighted by Crippen LogP contribution is -1.96. The molecule has 1 fully saturated rings. The van der Waals surface area contributed by atoms with Gasteiger partial charge in [-0.15, -0.1) is 0 Å². The number of rotatable bonds is 2. The SMILES string of the molecule is Cc1c(C#N)ccc2c1oc1c(-c3cc(C4CCCC4)c(Br)cn3)cccc12. The number of para-hydroxylation sites is 1. The van der Waals surface area contributed by atoms with Crippen molar-refractivity contribution in [1.82, 2.24) is 4.98 Å². The van der Waals surface area contributed by atoms with Gasteiger partial charge in [0, 0.05) is 32.6 Å². The van der Waals surface area contributed by atoms with Crippen molar-refractivity contribution in [3.05, 3.63) is 63.8 Å². The zero-order valence-electron chi connectivity index (χ0n) is 15.6. The van der Waals surface area contributed by atoms with Gasteiger partial charge in [-0.25, -0.2) is 0 Å². The minimum atomic E-state index is 0.603. The topological polar surface area (TPSA) is 49.8 Å². The molecule has 28 heavy (non-hydrogen) atoms. The van der Waals surface area contributed by atoms with Gasteiger partial charge < -0.3 is 4.42 Å². The fourth-order valence-corrected chi connectivity index (χ4v) is 5.01. The number of halogens is 1. The molecular weight excluding hydrogens is 412 g/mol. The molecule has 1 saturated carbocycles. The highest BCUT2D eigenvalue weighted by molar-refractivity contribution is 9.10. The van der Waals surface area contributed by atoms with E-state index in [9.17, 15) is 5.26 Å². The van der Waals surface area contributed by atoms with Crippen molar-refractivity contribution in [2.24, 2.45) is 0 Å². The van der Waals surface area contributed by atoms with Gasteiger partial charge in [-0.2, -0.15) is 5.26 Å². The Morgan fingerprint density at radius 1 is 1.11 bits per heavy atom. The normalized spacial score (nSPS) is 14.8. The van der Waals surface area contributed by atoms with Crippen LogP contribution in [0.3, 0.4) is 0 Å². The molecule has 0 amide bonds. The van der Waals surface area contributed by atoms with Crippen LogP contribution in [0.15, 0.2) is 51.5 Å². The maximum atomic E-state index is 9.34. The molecule has 0 bridgehead atoms. The summed E-state index contributed by atoms with van der Waals surface area (Å²) in [6.07, 6.45) is 7.01. The van der Waals surface area contributed by atoms with Crippen LogP contribution >= 0.6 is 15.9 Å². The minimum absolute atomic E-state index is 0.603. The number of aromatic nitrogens is 1. The summed E-state index contributed by atoms with van der Waals surface area (Å²) in [7, 11) is 0. The van der Waals surface area contributed by atoms with Crippen LogP contribution < -0.4 is 0 Å². The van der Waals surface area contributed by atoms with Crippen molar-refractivity contribution >= 4 is 37.9 Å². The molecule has 0 atom stereocenters. The Bertz CT molecular complexity index is 1260. The van der Waals surface area contributed by atoms with Crippen molar-refractivity contribution in [3.63, 3.8) is 0 Å². The first kappa shape index (κ1) is 17.5. The number of benzene rings is 2. The number of furan rings is 1. The van der Waals surface area contributed by atoms with Gasteiger partial charge in [-0.05, 0) is 71.4 Å². The Balaban J connectivity index is 1.74. The number of hydrogen-bond acceptors (Lipinski definition) is 3. The summed E-state index contributed by atoms with van der Waals surface area (Å²) in [5.41, 5.74) is 6.44. The van der Waals surface area contributed by atoms with E-state index in [2.05, 4.69) is 46.3 Å². The van der Waals surface area contributed by atoms with E-state index in [0.717, 1.165) is 43.2 Å². The van der Waals surface area contributed by atoms with Crippen molar-refractivity contribution in [3.8, 4) is 17.3 Å². The van der Waals surface area contributed by atoms with Crippen LogP contribution in [0.2, 0.25) is 0 Å². The largest absolute Gasteiger partial charge is 0.455 e. The molecule has 5 rings (SSSR count). The van der Waals surface area contributed by atoms with E-state index in [1.165, 1.54) is 31.2 Å². The minimum Gasteiger partial charge on any atom is -0.455 e. The molecule has 0 unspecified atom stereocenters. The summed E-state index contributed by atoms with van der Waals surface area (Å²) in [6, 6.07) is 14.5. The molecular formula is C24H19BrN2O. The average molecular weight is 431 g/mol. The Kier molecular flexibility index (Phi) is 4.21. The number of aryl methyl sites for hydroxylation is 1. The van der Waals surface area contributed by atoms with Gasteiger partial charge >= 0.3 is 0 Å². The van der Waals surface area contributed by atoms with E-state index < -0.39 is 0 Å². The van der Waals surface area contributed by atoms with Gasteiger partial charge in [0.05, 0.1) is 17.3 Å². The number of pyridine rings is 1. The first-order chi connectivity index (χ1) is 13.7. The molecule has 0 spiro atoms. The maximum Gasteiger partial charge on any atom is 0.144 e. The third-order valence-corrected chi connectivity index (χ3v) is 6.65. The van der Waals surface area contributed by atoms with E-state index in [1.807, 2.05) is 25.3 Å². The van der Waals surface area contributed by atoms with Crippen molar-refractivity contribution in [2.45, 2.75) is 38.5 Å². The van der Waals surface area contributed by atoms with Crippen LogP contribution in [0.25, 0.3) is 33.2 Å². The number of nitrogens with zero attached hydrogens (tertiary/aromatic N) is 2. The molecule has 0 saturated heterocycles. The highest BCUT2D eigenvalue weighted by Gasteiger charge is 2.21. The maximum absolute atomic E-state index is 9.34. The van der Waals surface area contributed by atoms with E-state index in [4.69, 9.17) is 9.40 Å². The Morgan fingerprint density at radius 2 is 1.89 bits per heavy atom. The summed E-state index contributed by atoms with van der Waals surface area (Å²) < 4.78 is 7.40. The lowest BCUT2D eigenvalue weighted by molar-refractivity contribution is 0.666. The Morgan fingerprint density at radius 3 is 2.68 bits per heavy atom. The lowest BCUT2D eigenvalue weighted by Gasteiger charge is -2.13. The molecule has 2 aromatic carbocycles. The van der Waals surface area contributed by atoms with Gasteiger partial charge in [0.1, 0.15) is 11.2 Å². The zero-order valence-corrected chi connectivity index (χ0v) is 17.2. The van der Waals surface area contributed by atoms with Crippen LogP contribution in [0, 0.1) is 18.3 Å². The van der Waals surface area contributed by atoms with Crippen molar-refractivity contribution in [2.75, 3.05) is 0 Å². The molecule has 4 heteroatoms. The van der Waals surface area contributed by atoms with Crippen molar-refractivity contribution in [1.29, 1.82) is 5.26 Å². The summed E-state index contributed by atoms with van der Waals surface area (Å²) in [4.78, 5) is 4.70. The summed E-state index contributed by atoms with van der Waals surface area (Å²) in [6.45, 7) is 1.94. The molecule has 3 nitrogen and oxygen atoms in total. The van der Waals surface area contributed by atoms with Gasteiger partial charge in [-0.3, -0.25) is 4.98 Å². The number of fused-ring (bicyclic) bond motifs is 3. The van der Waals surface area contributed by atoms with Crippen LogP contribution in [0.1, 0.15) is 48.3 Å². The standard InChI is InChI=1S/C24H19BrN2O/c1-14-16(12-26)9-10-18-17-7-4-8-19(24(17)28-23(14)18)22-11-20(21(25)13-27-22)15-5-2-3-6-15/h4,7-11,13,15H,2-3,5-6H2,1H3. The molecule has 0 aliphatic heterocycles. The van der Waals surface area contributed by atoms with E-state index in [1.54, 1.807) is 0 Å². The predicted molar refractivity (Wildman–Crippen MR) is 115 cm³/mol. The van der Waals surface area contributed by atoms with E-state index in [0.29, 0.717) is 11.5 Å². The Labute approximate surface area is 172 Å². The smallest absolute Gasteiger partial charge is 0.144 e. The molecule has 138 valence electrons. The van der Waals surface area contributed by atoms with Gasteiger partial charge in [-0.1, -0.05) is 25.0 Å². The van der Waals surface area contributed by atoms with Crippen LogP contribution in [-0.2, 0) is 0 Å². The molecule has 4 aromatic rings. The summed E-state index contributed by atoms with van der Waals surface area (Å²) in [5, 5.41) is 11.4. The summed E-state index contributed by atoms with van der Waals surface area (Å²) >= 11 is 3.70. The molecule has 2 heterocycles. The molecule has 2 aromatic heterocycles. The predicted octanol–water partition coefficient (Wildman–Crippen LogP) is 7.25. The second kappa shape index (κ2) is 6.76. The number of hydrogen-bond donors (Lipinski definition) is 0. The third-order valence-electron chi connectivity index (χ3n) is 5.99. The van der Waals surface area contributed by atoms with Crippen LogP contribution in [0.5, 0.6) is 0 Å². The zero-order chi connectivity index (χ0) is 19.3. The lowest BCUT2D eigenvalue weighted by atomic mass is 9.96. The molecule has 0 radical (unpaired) electrons. The van der Waals surface area contributed by atoms with Gasteiger partial charge in [0.25, 0.3) is 0 Å². The first-order valence-electron chi connectivity index (χ1n) is 9.68. The van der Waals surface area contributed by atoms with Gasteiger partial charge in [0.15, 0.2) is 0 Å². The molecule has 1 aliphatic carbocycles. The van der Waals surface area contributed by atoms with E-state index >= 15 is 0 Å². The molecule has 0 N–H and O–H groups in total. The average Bonchev–Trinajstić information content (AvgIpc) is 3.37. The monoisotopic (exact) mass is 430 g/mol. The fourth-order valence-electron chi connectivity index (χ4n) is 4.47. The van der Waals surface area contributed by atoms with Crippen molar-refractivity contribution < 1.29 is 4.42 Å². The highest BCUT2D eigenvalue weighted by Crippen LogP contribution is 2.41. The van der Waals surface area contributed by atoms with Crippen LogP contribution in [-0.4, -0.2) is 4.98 Å². The van der Waals surface area contributed by atoms with Gasteiger partial charge in [0.2, 0.25) is 0 Å². The molecule has 1 aliphatic rings. The highest BCUT2D eigenvalue weighted by atomic mass is 79.9. The number of nitriles is 1. The Hall–Kier alpha value is -2.64.